The molecule has 0 radical (unpaired) electrons. The van der Waals surface area contributed by atoms with Crippen molar-refractivity contribution in [3.63, 3.8) is 0 Å². The summed E-state index contributed by atoms with van der Waals surface area (Å²) >= 11 is 1.55. The predicted octanol–water partition coefficient (Wildman–Crippen LogP) is 2.81. The van der Waals surface area contributed by atoms with Crippen LogP contribution in [0.4, 0.5) is 5.69 Å². The number of benzene rings is 2. The molecule has 148 valence electrons. The van der Waals surface area contributed by atoms with Crippen LogP contribution in [0.2, 0.25) is 0 Å². The number of nitrogens with zero attached hydrogens (tertiary/aromatic N) is 1. The zero-order chi connectivity index (χ0) is 20.3. The summed E-state index contributed by atoms with van der Waals surface area (Å²) in [7, 11) is -3.27. The molecule has 0 bridgehead atoms. The second-order valence-corrected chi connectivity index (χ2v) is 9.89. The highest BCUT2D eigenvalue weighted by Crippen LogP contribution is 2.27. The summed E-state index contributed by atoms with van der Waals surface area (Å²) in [6.45, 7) is 0.293. The van der Waals surface area contributed by atoms with E-state index in [0.29, 0.717) is 17.8 Å². The molecule has 0 aromatic heterocycles. The van der Waals surface area contributed by atoms with E-state index in [2.05, 4.69) is 5.32 Å². The van der Waals surface area contributed by atoms with Crippen LogP contribution in [-0.2, 0) is 21.2 Å². The molecule has 0 spiro atoms. The first-order valence-corrected chi connectivity index (χ1v) is 12.1. The molecule has 1 unspecified atom stereocenters. The number of amides is 2. The maximum atomic E-state index is 13.0. The van der Waals surface area contributed by atoms with Gasteiger partial charge in [-0.25, -0.2) is 8.42 Å². The van der Waals surface area contributed by atoms with Gasteiger partial charge >= 0.3 is 0 Å². The molecule has 2 amide bonds. The molecule has 0 saturated heterocycles. The van der Waals surface area contributed by atoms with Crippen molar-refractivity contribution in [1.82, 2.24) is 4.90 Å². The van der Waals surface area contributed by atoms with Crippen molar-refractivity contribution in [3.8, 4) is 0 Å². The summed E-state index contributed by atoms with van der Waals surface area (Å²) < 4.78 is 23.4. The standard InChI is InChI=1S/C20H22N2O4S2/c1-27-16-8-5-7-15(12-16)21-19(23)18(10-11-28(2,25)26)22-13-14-6-3-4-9-17(14)20(22)24/h3-9,12,18H,10-11,13H2,1-2H3,(H,21,23). The summed E-state index contributed by atoms with van der Waals surface area (Å²) in [5.74, 6) is -0.805. The Hall–Kier alpha value is -2.32. The fraction of sp³-hybridized carbons (Fsp3) is 0.300. The molecule has 1 atom stereocenters. The number of fused-ring (bicyclic) bond motifs is 1. The summed E-state index contributed by atoms with van der Waals surface area (Å²) in [6, 6.07) is 13.7. The topological polar surface area (TPSA) is 83.6 Å². The number of sulfone groups is 1. The third kappa shape index (κ3) is 4.74. The van der Waals surface area contributed by atoms with E-state index in [-0.39, 0.29) is 24.0 Å². The normalized spacial score (nSPS) is 14.6. The van der Waals surface area contributed by atoms with Gasteiger partial charge in [-0.2, -0.15) is 0 Å². The molecule has 6 nitrogen and oxygen atoms in total. The second kappa shape index (κ2) is 8.36. The maximum Gasteiger partial charge on any atom is 0.255 e. The zero-order valence-electron chi connectivity index (χ0n) is 15.7. The van der Waals surface area contributed by atoms with Crippen molar-refractivity contribution in [3.05, 3.63) is 59.7 Å². The summed E-state index contributed by atoms with van der Waals surface area (Å²) in [6.07, 6.45) is 3.12. The average molecular weight is 419 g/mol. The molecule has 1 heterocycles. The van der Waals surface area contributed by atoms with E-state index in [0.717, 1.165) is 16.7 Å². The monoisotopic (exact) mass is 418 g/mol. The summed E-state index contributed by atoms with van der Waals surface area (Å²) in [5, 5.41) is 2.84. The van der Waals surface area contributed by atoms with Gasteiger partial charge in [-0.05, 0) is 42.5 Å². The van der Waals surface area contributed by atoms with Gasteiger partial charge in [0.25, 0.3) is 5.91 Å². The third-order valence-electron chi connectivity index (χ3n) is 4.63. The van der Waals surface area contributed by atoms with Gasteiger partial charge in [0.15, 0.2) is 0 Å². The number of carbonyl (C=O) groups is 2. The smallest absolute Gasteiger partial charge is 0.255 e. The van der Waals surface area contributed by atoms with E-state index >= 15 is 0 Å². The predicted molar refractivity (Wildman–Crippen MR) is 111 cm³/mol. The van der Waals surface area contributed by atoms with Gasteiger partial charge in [0, 0.05) is 28.9 Å². The Morgan fingerprint density at radius 1 is 1.21 bits per heavy atom. The van der Waals surface area contributed by atoms with Crippen molar-refractivity contribution >= 4 is 39.1 Å². The van der Waals surface area contributed by atoms with E-state index in [1.165, 1.54) is 4.90 Å². The Morgan fingerprint density at radius 3 is 2.64 bits per heavy atom. The number of hydrogen-bond acceptors (Lipinski definition) is 5. The molecule has 28 heavy (non-hydrogen) atoms. The quantitative estimate of drug-likeness (QED) is 0.699. The number of nitrogens with one attached hydrogen (secondary N) is 1. The van der Waals surface area contributed by atoms with Crippen LogP contribution >= 0.6 is 11.8 Å². The van der Waals surface area contributed by atoms with Gasteiger partial charge in [0.2, 0.25) is 5.91 Å². The second-order valence-electron chi connectivity index (χ2n) is 6.75. The fourth-order valence-electron chi connectivity index (χ4n) is 3.21. The highest BCUT2D eigenvalue weighted by Gasteiger charge is 2.36. The first kappa shape index (κ1) is 20.4. The lowest BCUT2D eigenvalue weighted by molar-refractivity contribution is -0.120. The van der Waals surface area contributed by atoms with Crippen molar-refractivity contribution < 1.29 is 18.0 Å². The molecule has 0 aliphatic carbocycles. The molecule has 2 aromatic rings. The number of anilines is 1. The molecular formula is C20H22N2O4S2. The van der Waals surface area contributed by atoms with Crippen LogP contribution in [-0.4, -0.2) is 49.4 Å². The average Bonchev–Trinajstić information content (AvgIpc) is 2.98. The van der Waals surface area contributed by atoms with Crippen molar-refractivity contribution in [2.75, 3.05) is 23.6 Å². The molecule has 2 aromatic carbocycles. The largest absolute Gasteiger partial charge is 0.324 e. The number of carbonyl (C=O) groups excluding carboxylic acids is 2. The molecular weight excluding hydrogens is 396 g/mol. The van der Waals surface area contributed by atoms with E-state index in [9.17, 15) is 18.0 Å². The highest BCUT2D eigenvalue weighted by molar-refractivity contribution is 7.98. The SMILES string of the molecule is CSc1cccc(NC(=O)C(CCS(C)(=O)=O)N2Cc3ccccc3C2=O)c1. The van der Waals surface area contributed by atoms with Gasteiger partial charge in [0.1, 0.15) is 15.9 Å². The van der Waals surface area contributed by atoms with Crippen molar-refractivity contribution in [2.45, 2.75) is 23.9 Å². The van der Waals surface area contributed by atoms with Gasteiger partial charge in [-0.3, -0.25) is 9.59 Å². The third-order valence-corrected chi connectivity index (χ3v) is 6.33. The lowest BCUT2D eigenvalue weighted by Crippen LogP contribution is -2.45. The van der Waals surface area contributed by atoms with E-state index in [1.807, 2.05) is 36.6 Å². The Labute approximate surface area is 169 Å². The Balaban J connectivity index is 1.84. The van der Waals surface area contributed by atoms with Crippen molar-refractivity contribution in [2.24, 2.45) is 0 Å². The first-order chi connectivity index (χ1) is 13.3. The number of rotatable bonds is 7. The molecule has 3 rings (SSSR count). The van der Waals surface area contributed by atoms with Crippen LogP contribution in [0.25, 0.3) is 0 Å². The highest BCUT2D eigenvalue weighted by atomic mass is 32.2. The minimum absolute atomic E-state index is 0.0482. The summed E-state index contributed by atoms with van der Waals surface area (Å²) in [5.41, 5.74) is 2.02. The molecule has 0 fully saturated rings. The molecule has 1 N–H and O–H groups in total. The first-order valence-electron chi connectivity index (χ1n) is 8.80. The Morgan fingerprint density at radius 2 is 1.96 bits per heavy atom. The van der Waals surface area contributed by atoms with E-state index in [4.69, 9.17) is 0 Å². The Kier molecular flexibility index (Phi) is 6.10. The van der Waals surface area contributed by atoms with E-state index < -0.39 is 15.9 Å². The fourth-order valence-corrected chi connectivity index (χ4v) is 4.32. The number of hydrogen-bond donors (Lipinski definition) is 1. The van der Waals surface area contributed by atoms with Crippen LogP contribution in [0.1, 0.15) is 22.3 Å². The van der Waals surface area contributed by atoms with Gasteiger partial charge < -0.3 is 10.2 Å². The molecule has 8 heteroatoms. The van der Waals surface area contributed by atoms with Gasteiger partial charge in [-0.1, -0.05) is 24.3 Å². The molecule has 0 saturated carbocycles. The van der Waals surface area contributed by atoms with Crippen LogP contribution < -0.4 is 5.32 Å². The zero-order valence-corrected chi connectivity index (χ0v) is 17.3. The molecule has 1 aliphatic rings. The van der Waals surface area contributed by atoms with Gasteiger partial charge in [-0.15, -0.1) is 11.8 Å². The summed E-state index contributed by atoms with van der Waals surface area (Å²) in [4.78, 5) is 28.3. The van der Waals surface area contributed by atoms with Gasteiger partial charge in [0.05, 0.1) is 5.75 Å². The number of thioether (sulfide) groups is 1. The van der Waals surface area contributed by atoms with Crippen LogP contribution in [0, 0.1) is 0 Å². The molecule has 1 aliphatic heterocycles. The van der Waals surface area contributed by atoms with Crippen LogP contribution in [0.15, 0.2) is 53.4 Å². The van der Waals surface area contributed by atoms with Crippen LogP contribution in [0.3, 0.4) is 0 Å². The lowest BCUT2D eigenvalue weighted by atomic mass is 10.1. The minimum Gasteiger partial charge on any atom is -0.324 e. The van der Waals surface area contributed by atoms with E-state index in [1.54, 1.807) is 30.0 Å². The van der Waals surface area contributed by atoms with Crippen LogP contribution in [0.5, 0.6) is 0 Å². The minimum atomic E-state index is -3.27. The lowest BCUT2D eigenvalue weighted by Gasteiger charge is -2.27. The Bertz CT molecular complexity index is 1000. The maximum absolute atomic E-state index is 13.0. The van der Waals surface area contributed by atoms with Crippen molar-refractivity contribution in [1.29, 1.82) is 0 Å².